The summed E-state index contributed by atoms with van der Waals surface area (Å²) in [7, 11) is 0. The van der Waals surface area contributed by atoms with Crippen LogP contribution in [0.4, 0.5) is 0 Å². The van der Waals surface area contributed by atoms with Gasteiger partial charge >= 0.3 is 0 Å². The molecule has 34 heavy (non-hydrogen) atoms. The van der Waals surface area contributed by atoms with Crippen LogP contribution in [0.3, 0.4) is 0 Å². The van der Waals surface area contributed by atoms with Crippen LogP contribution in [0.2, 0.25) is 0 Å². The lowest BCUT2D eigenvalue weighted by Gasteiger charge is -2.34. The van der Waals surface area contributed by atoms with Crippen LogP contribution < -0.4 is 0 Å². The Morgan fingerprint density at radius 1 is 1.09 bits per heavy atom. The van der Waals surface area contributed by atoms with Gasteiger partial charge in [-0.1, -0.05) is 35.0 Å². The lowest BCUT2D eigenvalue weighted by molar-refractivity contribution is -0.132. The Kier molecular flexibility index (Phi) is 7.13. The Morgan fingerprint density at radius 3 is 2.76 bits per heavy atom. The smallest absolute Gasteiger partial charge is 0.228 e. The van der Waals surface area contributed by atoms with Gasteiger partial charge in [0.15, 0.2) is 0 Å². The van der Waals surface area contributed by atoms with Gasteiger partial charge in [0.1, 0.15) is 5.01 Å². The van der Waals surface area contributed by atoms with Gasteiger partial charge in [-0.2, -0.15) is 4.98 Å². The number of amides is 1. The van der Waals surface area contributed by atoms with Crippen molar-refractivity contribution in [2.75, 3.05) is 32.7 Å². The van der Waals surface area contributed by atoms with E-state index < -0.39 is 0 Å². The number of nitrogens with zero attached hydrogens (tertiary/aromatic N) is 5. The lowest BCUT2D eigenvalue weighted by atomic mass is 10.1. The van der Waals surface area contributed by atoms with Crippen molar-refractivity contribution < 1.29 is 9.32 Å². The Hall–Kier alpha value is -2.88. The predicted molar refractivity (Wildman–Crippen MR) is 135 cm³/mol. The van der Waals surface area contributed by atoms with E-state index in [9.17, 15) is 4.79 Å². The molecule has 1 aliphatic rings. The number of piperazine rings is 1. The first-order valence-electron chi connectivity index (χ1n) is 11.5. The van der Waals surface area contributed by atoms with Crippen LogP contribution >= 0.6 is 22.7 Å². The van der Waals surface area contributed by atoms with E-state index in [1.54, 1.807) is 22.7 Å². The molecule has 0 unspecified atom stereocenters. The van der Waals surface area contributed by atoms with Gasteiger partial charge in [-0.25, -0.2) is 4.98 Å². The second-order valence-electron chi connectivity index (χ2n) is 8.51. The molecule has 9 heteroatoms. The molecule has 3 aromatic heterocycles. The summed E-state index contributed by atoms with van der Waals surface area (Å²) in [6.07, 6.45) is 2.09. The lowest BCUT2D eigenvalue weighted by Crippen LogP contribution is -2.49. The van der Waals surface area contributed by atoms with Crippen molar-refractivity contribution in [3.63, 3.8) is 0 Å². The highest BCUT2D eigenvalue weighted by molar-refractivity contribution is 7.13. The summed E-state index contributed by atoms with van der Waals surface area (Å²) in [5.74, 6) is 1.52. The summed E-state index contributed by atoms with van der Waals surface area (Å²) in [4.78, 5) is 27.4. The average molecular weight is 494 g/mol. The summed E-state index contributed by atoms with van der Waals surface area (Å²) in [6.45, 7) is 6.34. The molecule has 0 spiro atoms. The van der Waals surface area contributed by atoms with Crippen LogP contribution in [-0.2, 0) is 17.6 Å². The molecule has 176 valence electrons. The average Bonchev–Trinajstić information content (AvgIpc) is 3.61. The van der Waals surface area contributed by atoms with E-state index in [-0.39, 0.29) is 5.91 Å². The molecule has 1 amide bonds. The monoisotopic (exact) mass is 493 g/mol. The van der Waals surface area contributed by atoms with Gasteiger partial charge < -0.3 is 9.42 Å². The van der Waals surface area contributed by atoms with Gasteiger partial charge in [0.05, 0.1) is 17.0 Å². The van der Waals surface area contributed by atoms with Gasteiger partial charge in [0.2, 0.25) is 17.6 Å². The third-order valence-electron chi connectivity index (χ3n) is 5.95. The standard InChI is InChI=1S/C25H27N5O2S2/c1-18-5-2-6-19(15-18)25-26-20(17-34-25)16-23(31)30-12-10-29(11-13-30)9-3-8-22-27-24(28-32-22)21-7-4-14-33-21/h2,4-7,14-15,17H,3,8-13,16H2,1H3. The van der Waals surface area contributed by atoms with E-state index in [1.165, 1.54) is 5.56 Å². The van der Waals surface area contributed by atoms with Crippen molar-refractivity contribution in [3.8, 4) is 21.3 Å². The van der Waals surface area contributed by atoms with Crippen molar-refractivity contribution in [3.05, 3.63) is 64.3 Å². The van der Waals surface area contributed by atoms with Crippen LogP contribution in [-0.4, -0.2) is 63.6 Å². The van der Waals surface area contributed by atoms with Crippen LogP contribution in [0.1, 0.15) is 23.6 Å². The summed E-state index contributed by atoms with van der Waals surface area (Å²) in [5.41, 5.74) is 3.18. The fourth-order valence-electron chi connectivity index (χ4n) is 4.10. The molecule has 1 saturated heterocycles. The molecule has 7 nitrogen and oxygen atoms in total. The number of aromatic nitrogens is 3. The third kappa shape index (κ3) is 5.60. The molecule has 4 heterocycles. The van der Waals surface area contributed by atoms with Crippen molar-refractivity contribution in [1.82, 2.24) is 24.9 Å². The molecule has 4 aromatic rings. The number of carbonyl (C=O) groups is 1. The number of carbonyl (C=O) groups excluding carboxylic acids is 1. The molecule has 0 N–H and O–H groups in total. The second kappa shape index (κ2) is 10.6. The van der Waals surface area contributed by atoms with E-state index in [1.807, 2.05) is 33.9 Å². The van der Waals surface area contributed by atoms with Crippen molar-refractivity contribution >= 4 is 28.6 Å². The zero-order valence-electron chi connectivity index (χ0n) is 19.1. The SMILES string of the molecule is Cc1cccc(-c2nc(CC(=O)N3CCN(CCCc4nc(-c5cccs5)no4)CC3)cs2)c1. The molecule has 0 saturated carbocycles. The normalized spacial score (nSPS) is 14.6. The molecular weight excluding hydrogens is 466 g/mol. The largest absolute Gasteiger partial charge is 0.340 e. The molecule has 1 fully saturated rings. The Balaban J connectivity index is 1.05. The highest BCUT2D eigenvalue weighted by Gasteiger charge is 2.22. The van der Waals surface area contributed by atoms with Gasteiger partial charge in [-0.05, 0) is 37.4 Å². The summed E-state index contributed by atoms with van der Waals surface area (Å²) in [6, 6.07) is 12.3. The van der Waals surface area contributed by atoms with Gasteiger partial charge in [0, 0.05) is 43.5 Å². The van der Waals surface area contributed by atoms with Gasteiger partial charge in [-0.3, -0.25) is 9.69 Å². The summed E-state index contributed by atoms with van der Waals surface area (Å²) in [5, 5.41) is 9.06. The Labute approximate surface area is 207 Å². The minimum atomic E-state index is 0.160. The van der Waals surface area contributed by atoms with E-state index in [0.717, 1.165) is 66.7 Å². The van der Waals surface area contributed by atoms with Crippen molar-refractivity contribution in [1.29, 1.82) is 0 Å². The fraction of sp³-hybridized carbons (Fsp3) is 0.360. The van der Waals surface area contributed by atoms with Crippen LogP contribution in [0, 0.1) is 6.92 Å². The molecular formula is C25H27N5O2S2. The zero-order chi connectivity index (χ0) is 23.3. The van der Waals surface area contributed by atoms with E-state index in [2.05, 4.69) is 40.2 Å². The van der Waals surface area contributed by atoms with E-state index in [0.29, 0.717) is 18.1 Å². The number of hydrogen-bond donors (Lipinski definition) is 0. The maximum Gasteiger partial charge on any atom is 0.228 e. The van der Waals surface area contributed by atoms with Gasteiger partial charge in [-0.15, -0.1) is 22.7 Å². The summed E-state index contributed by atoms with van der Waals surface area (Å²) >= 11 is 3.21. The Bertz CT molecular complexity index is 1230. The Morgan fingerprint density at radius 2 is 1.97 bits per heavy atom. The summed E-state index contributed by atoms with van der Waals surface area (Å²) < 4.78 is 5.39. The van der Waals surface area contributed by atoms with E-state index >= 15 is 0 Å². The molecule has 0 atom stereocenters. The molecule has 1 aromatic carbocycles. The maximum absolute atomic E-state index is 12.8. The maximum atomic E-state index is 12.8. The molecule has 5 rings (SSSR count). The highest BCUT2D eigenvalue weighted by Crippen LogP contribution is 2.25. The fourth-order valence-corrected chi connectivity index (χ4v) is 5.57. The molecule has 1 aliphatic heterocycles. The number of thiophene rings is 1. The molecule has 0 aliphatic carbocycles. The number of aryl methyl sites for hydroxylation is 2. The van der Waals surface area contributed by atoms with Crippen molar-refractivity contribution in [2.24, 2.45) is 0 Å². The topological polar surface area (TPSA) is 75.4 Å². The number of rotatable bonds is 8. The number of benzene rings is 1. The minimum Gasteiger partial charge on any atom is -0.340 e. The third-order valence-corrected chi connectivity index (χ3v) is 7.75. The van der Waals surface area contributed by atoms with Crippen molar-refractivity contribution in [2.45, 2.75) is 26.2 Å². The minimum absolute atomic E-state index is 0.160. The first-order valence-corrected chi connectivity index (χ1v) is 13.3. The molecule has 0 bridgehead atoms. The zero-order valence-corrected chi connectivity index (χ0v) is 20.8. The quantitative estimate of drug-likeness (QED) is 0.359. The second-order valence-corrected chi connectivity index (χ2v) is 10.3. The number of thiazole rings is 1. The van der Waals surface area contributed by atoms with Crippen LogP contribution in [0.5, 0.6) is 0 Å². The van der Waals surface area contributed by atoms with E-state index in [4.69, 9.17) is 9.51 Å². The predicted octanol–water partition coefficient (Wildman–Crippen LogP) is 4.55. The first-order chi connectivity index (χ1) is 16.6. The molecule has 0 radical (unpaired) electrons. The van der Waals surface area contributed by atoms with Crippen LogP contribution in [0.15, 0.2) is 51.7 Å². The highest BCUT2D eigenvalue weighted by atomic mass is 32.1. The number of hydrogen-bond acceptors (Lipinski definition) is 8. The van der Waals surface area contributed by atoms with Gasteiger partial charge in [0.25, 0.3) is 0 Å². The van der Waals surface area contributed by atoms with Crippen LogP contribution in [0.25, 0.3) is 21.3 Å². The first kappa shape index (κ1) is 22.9.